The van der Waals surface area contributed by atoms with Gasteiger partial charge in [-0.1, -0.05) is 56.8 Å². The minimum Gasteiger partial charge on any atom is -0.511 e. The highest BCUT2D eigenvalue weighted by molar-refractivity contribution is 7.13. The molecule has 2 aromatic carbocycles. The van der Waals surface area contributed by atoms with Gasteiger partial charge in [-0.25, -0.2) is 4.98 Å². The topological polar surface area (TPSA) is 204 Å². The average molecular weight is 1000 g/mol. The fourth-order valence-electron chi connectivity index (χ4n) is 11.3. The van der Waals surface area contributed by atoms with Gasteiger partial charge >= 0.3 is 0 Å². The van der Waals surface area contributed by atoms with Gasteiger partial charge in [-0.05, 0) is 99.9 Å². The fourth-order valence-corrected chi connectivity index (χ4v) is 12.1. The van der Waals surface area contributed by atoms with Crippen LogP contribution in [0.5, 0.6) is 5.75 Å². The number of phenols is 1. The van der Waals surface area contributed by atoms with Crippen molar-refractivity contribution in [2.45, 2.75) is 84.0 Å². The molecule has 8 N–H and O–H groups in total. The Morgan fingerprint density at radius 1 is 0.931 bits per heavy atom. The molecule has 4 aromatic rings. The van der Waals surface area contributed by atoms with E-state index in [1.165, 1.54) is 17.7 Å². The quantitative estimate of drug-likeness (QED) is 0.0504. The zero-order valence-electron chi connectivity index (χ0n) is 42.3. The van der Waals surface area contributed by atoms with Crippen molar-refractivity contribution in [2.24, 2.45) is 17.8 Å². The number of β-amino-alcohol motifs (C(OH)–C–C–N with tert-alkyl or cyclic N) is 1. The largest absolute Gasteiger partial charge is 0.511 e. The highest BCUT2D eigenvalue weighted by atomic mass is 32.1. The summed E-state index contributed by atoms with van der Waals surface area (Å²) in [5.74, 6) is -0.550. The number of piperidine rings is 2. The molecule has 7 heterocycles. The number of thiazole rings is 1. The van der Waals surface area contributed by atoms with E-state index in [9.17, 15) is 24.9 Å². The molecule has 4 saturated heterocycles. The molecule has 5 aliphatic rings. The van der Waals surface area contributed by atoms with E-state index < -0.39 is 18.1 Å². The summed E-state index contributed by atoms with van der Waals surface area (Å²) in [7, 11) is 0. The number of phenolic OH excluding ortho intramolecular Hbond substituents is 1. The van der Waals surface area contributed by atoms with Crippen molar-refractivity contribution in [1.82, 2.24) is 50.0 Å². The normalized spacial score (nSPS) is 21.8. The molecule has 1 unspecified atom stereocenters. The van der Waals surface area contributed by atoms with Crippen molar-refractivity contribution in [3.05, 3.63) is 101 Å². The number of carbonyl (C=O) groups is 2. The Hall–Kier alpha value is -5.92. The summed E-state index contributed by atoms with van der Waals surface area (Å²) in [5.41, 5.74) is 21.4. The molecular formula is C54H74N12O5S. The number of aliphatic hydroxyl groups excluding tert-OH is 2. The number of hydrogen-bond donors (Lipinski definition) is 7. The number of aryl methyl sites for hydroxylation is 1. The van der Waals surface area contributed by atoms with Crippen LogP contribution in [0.2, 0.25) is 0 Å². The molecule has 9 rings (SSSR count). The first-order chi connectivity index (χ1) is 34.7. The van der Waals surface area contributed by atoms with E-state index in [2.05, 4.69) is 52.0 Å². The maximum Gasteiger partial charge on any atom is 0.243 e. The molecule has 2 amide bonds. The van der Waals surface area contributed by atoms with E-state index in [4.69, 9.17) is 10.8 Å². The Labute approximate surface area is 428 Å². The second-order valence-electron chi connectivity index (χ2n) is 20.9. The number of rotatable bonds is 16. The Balaban J connectivity index is 0.692. The Bertz CT molecular complexity index is 2600. The summed E-state index contributed by atoms with van der Waals surface area (Å²) >= 11 is 1.59. The van der Waals surface area contributed by atoms with Crippen LogP contribution >= 0.6 is 11.3 Å². The number of nitrogens with zero attached hydrogens (tertiary/aromatic N) is 8. The van der Waals surface area contributed by atoms with Gasteiger partial charge in [0.2, 0.25) is 11.8 Å². The van der Waals surface area contributed by atoms with Crippen LogP contribution in [0.1, 0.15) is 87.5 Å². The molecule has 0 spiro atoms. The Morgan fingerprint density at radius 2 is 1.61 bits per heavy atom. The second-order valence-corrected chi connectivity index (χ2v) is 21.7. The third kappa shape index (κ3) is 11.5. The Kier molecular flexibility index (Phi) is 15.9. The number of hydrazine groups is 1. The van der Waals surface area contributed by atoms with Crippen LogP contribution in [-0.2, 0) is 9.59 Å². The van der Waals surface area contributed by atoms with Gasteiger partial charge in [0, 0.05) is 83.1 Å². The van der Waals surface area contributed by atoms with Crippen LogP contribution < -0.4 is 21.9 Å². The minimum atomic E-state index is -0.889. The summed E-state index contributed by atoms with van der Waals surface area (Å²) in [5, 5.41) is 40.6. The lowest BCUT2D eigenvalue weighted by atomic mass is 9.91. The number of aliphatic hydroxyl groups is 2. The predicted octanol–water partition coefficient (Wildman–Crippen LogP) is 6.06. The van der Waals surface area contributed by atoms with E-state index in [0.29, 0.717) is 17.4 Å². The molecule has 0 bridgehead atoms. The third-order valence-electron chi connectivity index (χ3n) is 15.6. The van der Waals surface area contributed by atoms with Crippen LogP contribution in [0.3, 0.4) is 0 Å². The summed E-state index contributed by atoms with van der Waals surface area (Å²) < 4.78 is 2.08. The van der Waals surface area contributed by atoms with E-state index in [0.717, 1.165) is 129 Å². The molecule has 4 atom stereocenters. The Morgan fingerprint density at radius 3 is 2.28 bits per heavy atom. The number of likely N-dealkylation sites (tertiary alicyclic amines) is 3. The first kappa shape index (κ1) is 51.0. The van der Waals surface area contributed by atoms with Gasteiger partial charge in [-0.15, -0.1) is 11.3 Å². The lowest BCUT2D eigenvalue weighted by Crippen LogP contribution is -2.49. The third-order valence-corrected chi connectivity index (χ3v) is 16.6. The second kappa shape index (κ2) is 22.5. The number of amides is 2. The van der Waals surface area contributed by atoms with Gasteiger partial charge in [-0.3, -0.25) is 30.0 Å². The van der Waals surface area contributed by atoms with Crippen molar-refractivity contribution in [3.8, 4) is 16.2 Å². The number of para-hydroxylation sites is 1. The number of fused-ring (bicyclic) bond motifs is 1. The summed E-state index contributed by atoms with van der Waals surface area (Å²) in [6.07, 6.45) is 7.37. The van der Waals surface area contributed by atoms with Gasteiger partial charge < -0.3 is 46.0 Å². The maximum atomic E-state index is 14.2. The molecule has 386 valence electrons. The van der Waals surface area contributed by atoms with Crippen LogP contribution in [-0.4, -0.2) is 157 Å². The molecule has 17 nitrogen and oxygen atoms in total. The van der Waals surface area contributed by atoms with E-state index >= 15 is 0 Å². The summed E-state index contributed by atoms with van der Waals surface area (Å²) in [4.78, 5) is 44.8. The molecule has 4 fully saturated rings. The number of piperazine rings is 1. The van der Waals surface area contributed by atoms with Gasteiger partial charge in [0.25, 0.3) is 0 Å². The average Bonchev–Trinajstić information content (AvgIpc) is 4.09. The number of hydrogen-bond acceptors (Lipinski definition) is 15. The van der Waals surface area contributed by atoms with E-state index in [1.54, 1.807) is 23.5 Å². The molecular weight excluding hydrogens is 929 g/mol. The lowest BCUT2D eigenvalue weighted by molar-refractivity contribution is -0.142. The molecule has 0 saturated carbocycles. The van der Waals surface area contributed by atoms with Gasteiger partial charge in [0.1, 0.15) is 23.2 Å². The molecule has 0 aliphatic carbocycles. The number of benzene rings is 2. The smallest absolute Gasteiger partial charge is 0.243 e. The van der Waals surface area contributed by atoms with Gasteiger partial charge in [0.15, 0.2) is 5.82 Å². The number of nitrogens with one attached hydrogen (secondary N) is 3. The first-order valence-electron chi connectivity index (χ1n) is 25.9. The fraction of sp³-hybridized carbons (Fsp3) is 0.519. The highest BCUT2D eigenvalue weighted by Crippen LogP contribution is 2.37. The first-order valence-corrected chi connectivity index (χ1v) is 26.8. The number of aromatic nitrogens is 3. The van der Waals surface area contributed by atoms with Gasteiger partial charge in [-0.2, -0.15) is 5.10 Å². The lowest BCUT2D eigenvalue weighted by Gasteiger charge is -2.39. The number of aromatic hydroxyl groups is 1. The van der Waals surface area contributed by atoms with Crippen molar-refractivity contribution in [2.75, 3.05) is 89.7 Å². The van der Waals surface area contributed by atoms with Crippen LogP contribution in [0.15, 0.2) is 78.2 Å². The zero-order valence-corrected chi connectivity index (χ0v) is 43.2. The van der Waals surface area contributed by atoms with Gasteiger partial charge in [0.05, 0.1) is 51.6 Å². The summed E-state index contributed by atoms with van der Waals surface area (Å²) in [6.45, 7) is 22.8. The number of nitrogen functional groups attached to an aromatic ring is 1. The maximum absolute atomic E-state index is 14.2. The van der Waals surface area contributed by atoms with E-state index in [1.807, 2.05) is 81.7 Å². The zero-order chi connectivity index (χ0) is 50.6. The molecule has 2 aromatic heterocycles. The predicted molar refractivity (Wildman–Crippen MR) is 284 cm³/mol. The molecule has 72 heavy (non-hydrogen) atoms. The monoisotopic (exact) mass is 1000 g/mol. The molecule has 18 heteroatoms. The van der Waals surface area contributed by atoms with E-state index in [-0.39, 0.29) is 54.3 Å². The number of nitrogens with two attached hydrogens (primary N) is 1. The molecule has 5 aliphatic heterocycles. The van der Waals surface area contributed by atoms with Crippen LogP contribution in [0.25, 0.3) is 22.2 Å². The number of allylic oxidation sites excluding steroid dienone is 1. The highest BCUT2D eigenvalue weighted by Gasteiger charge is 2.43. The van der Waals surface area contributed by atoms with Crippen LogP contribution in [0.4, 0.5) is 11.5 Å². The number of carbonyl (C=O) groups excluding carboxylic acids is 2. The standard InChI is InChI=1S/C54H74N12O5S/c1-34(2)49(54(71)65-32-42(67)29-46(65)53(70)57-36(4)39-10-12-40(13-11-39)51-37(5)56-33-72-51)48(69)28-35(3)64-26-24-62(25-27-64)23-22-61-18-14-38(15-19-61)31-63-20-16-41(17-21-63)66-45-30-44(43-8-6-7-9-47(43)68)58-59-50(45)52(55)60-66/h6-13,28,30,33-34,36,38,41-42,46,49,58-59,67-69H,3,14-27,29,31-32H2,1-2,4-5H3,(H2,55,60)(H,57,70)/b48-28-/t36-,42+,46-,49?/m0/s1. The summed E-state index contributed by atoms with van der Waals surface area (Å²) in [6, 6.07) is 14.4. The van der Waals surface area contributed by atoms with Crippen molar-refractivity contribution < 1.29 is 24.9 Å². The minimum absolute atomic E-state index is 0.0261. The van der Waals surface area contributed by atoms with Crippen LogP contribution in [0, 0.1) is 24.7 Å². The SMILES string of the molecule is C=C(/C=C(\O)C(C(=O)N1C[C@H](O)C[C@H]1C(=O)N[C@@H](C)c1ccc(-c2scnc2C)cc1)C(C)C)N1CCN(CCN2CCC(CN3CCC(n4nc(N)c5c4C=C(c4ccccc4O)NN5)CC3)CC2)CC1. The van der Waals surface area contributed by atoms with Crippen molar-refractivity contribution in [1.29, 1.82) is 0 Å². The van der Waals surface area contributed by atoms with Crippen molar-refractivity contribution in [3.63, 3.8) is 0 Å². The molecule has 0 radical (unpaired) electrons. The van der Waals surface area contributed by atoms with Crippen molar-refractivity contribution >= 4 is 46.4 Å². The number of anilines is 2.